The molecule has 0 bridgehead atoms. The number of carbonyl (C=O) groups excluding carboxylic acids is 1. The van der Waals surface area contributed by atoms with Gasteiger partial charge in [0.1, 0.15) is 5.60 Å². The van der Waals surface area contributed by atoms with Crippen LogP contribution in [0.1, 0.15) is 46.5 Å². The second kappa shape index (κ2) is 5.40. The second-order valence-electron chi connectivity index (χ2n) is 5.90. The fraction of sp³-hybridized carbons (Fsp3) is 0.909. The van der Waals surface area contributed by atoms with Crippen LogP contribution in [0.4, 0.5) is 17.7 Å². The van der Waals surface area contributed by atoms with E-state index in [-0.39, 0.29) is 12.8 Å². The minimum absolute atomic E-state index is 0.0251. The Labute approximate surface area is 106 Å². The minimum atomic E-state index is -4.81. The first-order valence-corrected chi connectivity index (χ1v) is 6.27. The Morgan fingerprint density at radius 2 is 1.89 bits per heavy atom. The first-order chi connectivity index (χ1) is 8.08. The molecule has 0 aromatic rings. The summed E-state index contributed by atoms with van der Waals surface area (Å²) in [5, 5.41) is 2.53. The van der Waals surface area contributed by atoms with Gasteiger partial charge in [-0.25, -0.2) is 4.79 Å². The van der Waals surface area contributed by atoms with E-state index in [0.717, 1.165) is 0 Å². The summed E-state index contributed by atoms with van der Waals surface area (Å²) >= 11 is 0. The molecule has 0 heterocycles. The number of rotatable bonds is 2. The van der Waals surface area contributed by atoms with Gasteiger partial charge in [0, 0.05) is 6.04 Å². The van der Waals surface area contributed by atoms with Gasteiger partial charge in [-0.2, -0.15) is 0 Å². The summed E-state index contributed by atoms with van der Waals surface area (Å²) in [6, 6.07) is -0.429. The predicted octanol–water partition coefficient (Wildman–Crippen LogP) is 3.67. The summed E-state index contributed by atoms with van der Waals surface area (Å²) in [7, 11) is 0. The topological polar surface area (TPSA) is 38.3 Å². The van der Waals surface area contributed by atoms with Crippen molar-refractivity contribution >= 4 is 13.1 Å². The molecule has 106 valence electrons. The van der Waals surface area contributed by atoms with Gasteiger partial charge in [-0.15, -0.1) is 0 Å². The average Bonchev–Trinajstić information content (AvgIpc) is 2.13. The van der Waals surface area contributed by atoms with Crippen molar-refractivity contribution in [1.29, 1.82) is 0 Å². The van der Waals surface area contributed by atoms with Crippen molar-refractivity contribution in [3.63, 3.8) is 0 Å². The third-order valence-electron chi connectivity index (χ3n) is 2.97. The molecule has 0 radical (unpaired) electrons. The van der Waals surface area contributed by atoms with E-state index in [0.29, 0.717) is 12.8 Å². The van der Waals surface area contributed by atoms with Crippen molar-refractivity contribution < 1.29 is 22.5 Å². The predicted molar refractivity (Wildman–Crippen MR) is 64.5 cm³/mol. The maximum atomic E-state index is 12.6. The van der Waals surface area contributed by atoms with E-state index in [1.54, 1.807) is 20.8 Å². The van der Waals surface area contributed by atoms with E-state index in [4.69, 9.17) is 4.74 Å². The Morgan fingerprint density at radius 1 is 1.28 bits per heavy atom. The molecule has 18 heavy (non-hydrogen) atoms. The molecule has 1 fully saturated rings. The number of nitrogens with one attached hydrogen (secondary N) is 1. The second-order valence-corrected chi connectivity index (χ2v) is 5.90. The van der Waals surface area contributed by atoms with Gasteiger partial charge in [0.15, 0.2) is 0 Å². The van der Waals surface area contributed by atoms with Crippen molar-refractivity contribution in [1.82, 2.24) is 5.32 Å². The van der Waals surface area contributed by atoms with E-state index < -0.39 is 30.5 Å². The van der Waals surface area contributed by atoms with Crippen LogP contribution in [0, 0.1) is 0 Å². The molecule has 1 aliphatic rings. The normalized spacial score (nSPS) is 25.7. The highest BCUT2D eigenvalue weighted by Crippen LogP contribution is 2.39. The summed E-state index contributed by atoms with van der Waals surface area (Å²) in [5.41, 5.74) is -0.633. The third-order valence-corrected chi connectivity index (χ3v) is 2.97. The van der Waals surface area contributed by atoms with Gasteiger partial charge in [-0.3, -0.25) is 0 Å². The summed E-state index contributed by atoms with van der Waals surface area (Å²) in [5.74, 6) is -1.25. The fourth-order valence-corrected chi connectivity index (χ4v) is 2.18. The molecule has 7 heteroatoms. The van der Waals surface area contributed by atoms with Gasteiger partial charge in [-0.1, -0.05) is 25.1 Å². The van der Waals surface area contributed by atoms with E-state index in [1.807, 2.05) is 0 Å². The maximum Gasteiger partial charge on any atom is 0.481 e. The molecule has 1 saturated carbocycles. The number of carbonyl (C=O) groups is 1. The molecular weight excluding hydrogens is 246 g/mol. The van der Waals surface area contributed by atoms with Crippen LogP contribution in [0.3, 0.4) is 0 Å². The first kappa shape index (κ1) is 15.2. The summed E-state index contributed by atoms with van der Waals surface area (Å²) in [6.07, 6.45) is 0.593. The minimum Gasteiger partial charge on any atom is -0.449 e. The first-order valence-electron chi connectivity index (χ1n) is 6.27. The van der Waals surface area contributed by atoms with Crippen LogP contribution >= 0.6 is 0 Å². The molecule has 1 rings (SSSR count). The van der Waals surface area contributed by atoms with Crippen LogP contribution in [0.2, 0.25) is 5.82 Å². The monoisotopic (exact) mass is 266 g/mol. The zero-order valence-electron chi connectivity index (χ0n) is 11.0. The average molecular weight is 266 g/mol. The molecule has 0 spiro atoms. The van der Waals surface area contributed by atoms with E-state index >= 15 is 0 Å². The van der Waals surface area contributed by atoms with Crippen molar-refractivity contribution in [3.05, 3.63) is 0 Å². The largest absolute Gasteiger partial charge is 0.481 e. The van der Waals surface area contributed by atoms with Gasteiger partial charge in [0.25, 0.3) is 0 Å². The van der Waals surface area contributed by atoms with Crippen molar-refractivity contribution in [2.75, 3.05) is 0 Å². The van der Waals surface area contributed by atoms with Gasteiger partial charge < -0.3 is 23.0 Å². The highest BCUT2D eigenvalue weighted by Gasteiger charge is 2.38. The molecule has 0 saturated heterocycles. The Kier molecular flexibility index (Phi) is 4.56. The molecule has 0 aliphatic heterocycles. The molecule has 0 aromatic heterocycles. The Morgan fingerprint density at radius 3 is 2.39 bits per heavy atom. The van der Waals surface area contributed by atoms with E-state index in [1.165, 1.54) is 0 Å². The van der Waals surface area contributed by atoms with Gasteiger partial charge >= 0.3 is 13.1 Å². The number of halogens is 3. The summed E-state index contributed by atoms with van der Waals surface area (Å²) < 4.78 is 43.0. The smallest absolute Gasteiger partial charge is 0.449 e. The highest BCUT2D eigenvalue weighted by atomic mass is 19.4. The lowest BCUT2D eigenvalue weighted by Gasteiger charge is -2.35. The Bertz CT molecular complexity index is 302. The van der Waals surface area contributed by atoms with Crippen LogP contribution < -0.4 is 5.32 Å². The fourth-order valence-electron chi connectivity index (χ4n) is 2.18. The lowest BCUT2D eigenvalue weighted by atomic mass is 9.64. The molecule has 2 unspecified atom stereocenters. The molecule has 0 aromatic carbocycles. The number of alkyl carbamates (subject to hydrolysis) is 1. The van der Waals surface area contributed by atoms with E-state index in [9.17, 15) is 17.7 Å². The van der Waals surface area contributed by atoms with Crippen LogP contribution in [-0.2, 0) is 4.74 Å². The van der Waals surface area contributed by atoms with Crippen molar-refractivity contribution in [2.45, 2.75) is 63.9 Å². The number of hydrogen-bond donors (Lipinski definition) is 1. The number of amides is 1. The lowest BCUT2D eigenvalue weighted by Crippen LogP contribution is -2.43. The number of hydrogen-bond acceptors (Lipinski definition) is 2. The molecular formula is C11H20BF3NO2-. The molecule has 3 nitrogen and oxygen atoms in total. The zero-order chi connectivity index (χ0) is 14.0. The molecule has 2 atom stereocenters. The lowest BCUT2D eigenvalue weighted by molar-refractivity contribution is 0.0491. The van der Waals surface area contributed by atoms with Crippen molar-refractivity contribution in [3.8, 4) is 0 Å². The van der Waals surface area contributed by atoms with Crippen LogP contribution in [0.25, 0.3) is 0 Å². The van der Waals surface area contributed by atoms with Gasteiger partial charge in [0.05, 0.1) is 0 Å². The number of ether oxygens (including phenoxy) is 1. The zero-order valence-corrected chi connectivity index (χ0v) is 11.0. The summed E-state index contributed by atoms with van der Waals surface area (Å²) in [4.78, 5) is 11.5. The molecule has 1 N–H and O–H groups in total. The SMILES string of the molecule is CC(C)(C)OC(=O)NC1CCCC([B-](F)(F)F)C1. The van der Waals surface area contributed by atoms with Crippen LogP contribution in [0.15, 0.2) is 0 Å². The van der Waals surface area contributed by atoms with Gasteiger partial charge in [-0.05, 0) is 27.2 Å². The van der Waals surface area contributed by atoms with Crippen LogP contribution in [0.5, 0.6) is 0 Å². The third kappa shape index (κ3) is 5.18. The Hall–Kier alpha value is -0.875. The van der Waals surface area contributed by atoms with E-state index in [2.05, 4.69) is 5.32 Å². The molecule has 1 aliphatic carbocycles. The summed E-state index contributed by atoms with van der Waals surface area (Å²) in [6.45, 7) is 0.343. The Balaban J connectivity index is 2.46. The van der Waals surface area contributed by atoms with Crippen LogP contribution in [-0.4, -0.2) is 24.7 Å². The maximum absolute atomic E-state index is 12.6. The highest BCUT2D eigenvalue weighted by molar-refractivity contribution is 6.60. The standard InChI is InChI=1S/C11H20BF3NO2/c1-11(2,3)18-10(17)16-9-6-4-5-8(7-9)12(13,14)15/h8-9H,4-7H2,1-3H3,(H,16,17)/q-1. The quantitative estimate of drug-likeness (QED) is 0.774. The van der Waals surface area contributed by atoms with Gasteiger partial charge in [0.2, 0.25) is 0 Å². The molecule has 1 amide bonds. The van der Waals surface area contributed by atoms with Crippen molar-refractivity contribution in [2.24, 2.45) is 0 Å².